The monoisotopic (exact) mass is 451 g/mol. The van der Waals surface area contributed by atoms with Crippen LogP contribution in [0, 0.1) is 5.92 Å². The lowest BCUT2D eigenvalue weighted by Crippen LogP contribution is -2.46. The van der Waals surface area contributed by atoms with Crippen molar-refractivity contribution in [2.24, 2.45) is 5.92 Å². The van der Waals surface area contributed by atoms with Crippen LogP contribution >= 0.6 is 34.7 Å². The largest absolute Gasteiger partial charge is 0.325 e. The van der Waals surface area contributed by atoms with E-state index in [9.17, 15) is 14.4 Å². The highest BCUT2D eigenvalue weighted by Crippen LogP contribution is 2.42. The van der Waals surface area contributed by atoms with E-state index in [0.29, 0.717) is 20.2 Å². The average Bonchev–Trinajstić information content (AvgIpc) is 3.42. The molecule has 1 saturated carbocycles. The van der Waals surface area contributed by atoms with Gasteiger partial charge in [0.15, 0.2) is 4.34 Å². The fraction of sp³-hybridized carbons (Fsp3) is 0.389. The summed E-state index contributed by atoms with van der Waals surface area (Å²) in [6.45, 7) is 1.37. The summed E-state index contributed by atoms with van der Waals surface area (Å²) in [4.78, 5) is 38.0. The van der Waals surface area contributed by atoms with Crippen LogP contribution in [0.3, 0.4) is 0 Å². The highest BCUT2D eigenvalue weighted by molar-refractivity contribution is 8.00. The Morgan fingerprint density at radius 3 is 2.76 bits per heavy atom. The molecule has 1 atom stereocenters. The number of halogens is 1. The second-order valence-electron chi connectivity index (χ2n) is 7.13. The lowest BCUT2D eigenvalue weighted by Gasteiger charge is -2.20. The summed E-state index contributed by atoms with van der Waals surface area (Å²) >= 11 is 8.61. The number of thioether (sulfide) groups is 1. The third-order valence-electron chi connectivity index (χ3n) is 4.93. The quantitative estimate of drug-likeness (QED) is 0.380. The van der Waals surface area contributed by atoms with Gasteiger partial charge in [-0.15, -0.1) is 10.2 Å². The average molecular weight is 452 g/mol. The molecule has 4 amide bonds. The fourth-order valence-corrected chi connectivity index (χ4v) is 4.99. The molecule has 4 rings (SSSR count). The maximum Gasteiger partial charge on any atom is 0.325 e. The molecule has 0 unspecified atom stereocenters. The van der Waals surface area contributed by atoms with E-state index in [1.54, 1.807) is 6.92 Å². The number of amides is 4. The molecule has 2 aliphatic rings. The molecule has 29 heavy (non-hydrogen) atoms. The number of nitrogens with one attached hydrogen (secondary N) is 2. The second kappa shape index (κ2) is 7.92. The third-order valence-corrected chi connectivity index (χ3v) is 7.22. The first-order valence-corrected chi connectivity index (χ1v) is 11.2. The molecule has 1 saturated heterocycles. The van der Waals surface area contributed by atoms with E-state index >= 15 is 0 Å². The minimum atomic E-state index is -0.897. The predicted octanol–water partition coefficient (Wildman–Crippen LogP) is 3.14. The third kappa shape index (κ3) is 4.39. The molecule has 1 aromatic carbocycles. The number of benzene rings is 1. The van der Waals surface area contributed by atoms with Crippen LogP contribution in [0.4, 0.5) is 9.93 Å². The number of hydrogen-bond donors (Lipinski definition) is 2. The Bertz CT molecular complexity index is 963. The number of rotatable bonds is 7. The summed E-state index contributed by atoms with van der Waals surface area (Å²) in [5.41, 5.74) is 0.198. The van der Waals surface area contributed by atoms with Crippen molar-refractivity contribution in [2.75, 3.05) is 11.9 Å². The Kier molecular flexibility index (Phi) is 5.50. The van der Waals surface area contributed by atoms with E-state index in [1.165, 1.54) is 23.1 Å². The minimum Gasteiger partial charge on any atom is -0.323 e. The van der Waals surface area contributed by atoms with Gasteiger partial charge in [0.2, 0.25) is 11.0 Å². The van der Waals surface area contributed by atoms with Gasteiger partial charge < -0.3 is 5.32 Å². The number of imide groups is 1. The van der Waals surface area contributed by atoms with Crippen LogP contribution in [-0.4, -0.2) is 45.0 Å². The Balaban J connectivity index is 1.30. The maximum atomic E-state index is 12.6. The van der Waals surface area contributed by atoms with Crippen molar-refractivity contribution >= 4 is 57.7 Å². The molecule has 0 spiro atoms. The van der Waals surface area contributed by atoms with Gasteiger partial charge in [0.25, 0.3) is 5.91 Å². The number of nitrogens with zero attached hydrogens (tertiary/aromatic N) is 3. The molecule has 0 radical (unpaired) electrons. The number of hydrogen-bond acceptors (Lipinski definition) is 7. The molecular formula is C18H18ClN5O3S2. The van der Waals surface area contributed by atoms with Crippen molar-refractivity contribution < 1.29 is 14.4 Å². The van der Waals surface area contributed by atoms with E-state index in [1.807, 2.05) is 24.3 Å². The molecule has 0 bridgehead atoms. The van der Waals surface area contributed by atoms with Gasteiger partial charge in [0, 0.05) is 10.8 Å². The normalized spacial score (nSPS) is 21.4. The highest BCUT2D eigenvalue weighted by atomic mass is 35.5. The summed E-state index contributed by atoms with van der Waals surface area (Å²) in [7, 11) is 0. The molecule has 2 N–H and O–H groups in total. The molecule has 2 aromatic rings. The molecule has 2 heterocycles. The maximum absolute atomic E-state index is 12.6. The van der Waals surface area contributed by atoms with Crippen molar-refractivity contribution in [2.45, 2.75) is 35.4 Å². The van der Waals surface area contributed by atoms with Crippen molar-refractivity contribution in [3.63, 3.8) is 0 Å². The first-order valence-electron chi connectivity index (χ1n) is 9.00. The summed E-state index contributed by atoms with van der Waals surface area (Å²) in [5.74, 6) is 0.00746. The zero-order valence-corrected chi connectivity index (χ0v) is 17.9. The van der Waals surface area contributed by atoms with Crippen LogP contribution in [0.5, 0.6) is 0 Å². The van der Waals surface area contributed by atoms with Crippen molar-refractivity contribution in [1.29, 1.82) is 0 Å². The van der Waals surface area contributed by atoms with Gasteiger partial charge in [-0.2, -0.15) is 0 Å². The van der Waals surface area contributed by atoms with Gasteiger partial charge in [-0.1, -0.05) is 46.8 Å². The SMILES string of the molecule is C[C@]1(C2CC2)NC(=O)N(CC(=O)Nc2nnc(SCc3ccc(Cl)cc3)s2)C1=O. The number of carbonyl (C=O) groups is 3. The number of carbonyl (C=O) groups excluding carboxylic acids is 3. The van der Waals surface area contributed by atoms with Gasteiger partial charge in [-0.3, -0.25) is 19.8 Å². The summed E-state index contributed by atoms with van der Waals surface area (Å²) < 4.78 is 0.701. The van der Waals surface area contributed by atoms with E-state index in [2.05, 4.69) is 20.8 Å². The lowest BCUT2D eigenvalue weighted by molar-refractivity contribution is -0.134. The van der Waals surface area contributed by atoms with Crippen LogP contribution in [0.15, 0.2) is 28.6 Å². The first kappa shape index (κ1) is 20.1. The van der Waals surface area contributed by atoms with Gasteiger partial charge in [0.1, 0.15) is 12.1 Å². The van der Waals surface area contributed by atoms with E-state index in [-0.39, 0.29) is 18.4 Å². The molecule has 1 aliphatic carbocycles. The van der Waals surface area contributed by atoms with Crippen LogP contribution in [0.25, 0.3) is 0 Å². The van der Waals surface area contributed by atoms with E-state index in [0.717, 1.165) is 23.3 Å². The predicted molar refractivity (Wildman–Crippen MR) is 111 cm³/mol. The van der Waals surface area contributed by atoms with Gasteiger partial charge in [-0.05, 0) is 43.4 Å². The van der Waals surface area contributed by atoms with Crippen molar-refractivity contribution in [3.05, 3.63) is 34.9 Å². The van der Waals surface area contributed by atoms with E-state index < -0.39 is 17.5 Å². The fourth-order valence-electron chi connectivity index (χ4n) is 3.14. The molecule has 2 fully saturated rings. The smallest absolute Gasteiger partial charge is 0.323 e. The van der Waals surface area contributed by atoms with Crippen LogP contribution in [0.2, 0.25) is 5.02 Å². The van der Waals surface area contributed by atoms with Gasteiger partial charge in [-0.25, -0.2) is 4.79 Å². The Morgan fingerprint density at radius 2 is 2.07 bits per heavy atom. The molecule has 152 valence electrons. The zero-order valence-electron chi connectivity index (χ0n) is 15.5. The van der Waals surface area contributed by atoms with E-state index in [4.69, 9.17) is 11.6 Å². The lowest BCUT2D eigenvalue weighted by atomic mass is 9.96. The first-order chi connectivity index (χ1) is 13.8. The molecule has 1 aromatic heterocycles. The van der Waals surface area contributed by atoms with Crippen molar-refractivity contribution in [1.82, 2.24) is 20.4 Å². The van der Waals surface area contributed by atoms with Crippen LogP contribution in [0.1, 0.15) is 25.3 Å². The molecule has 11 heteroatoms. The molecule has 1 aliphatic heterocycles. The van der Waals surface area contributed by atoms with Crippen LogP contribution in [-0.2, 0) is 15.3 Å². The van der Waals surface area contributed by atoms with Crippen LogP contribution < -0.4 is 10.6 Å². The second-order valence-corrected chi connectivity index (χ2v) is 9.77. The topological polar surface area (TPSA) is 104 Å². The molecule has 8 nitrogen and oxygen atoms in total. The molecular weight excluding hydrogens is 434 g/mol. The standard InChI is InChI=1S/C18H18ClN5O3S2/c1-18(11-4-5-11)14(26)24(16(27)21-18)8-13(25)20-15-22-23-17(29-15)28-9-10-2-6-12(19)7-3-10/h2-3,6-7,11H,4-5,8-9H2,1H3,(H,21,27)(H,20,22,25)/t18-/m1/s1. The Labute approximate surface area is 180 Å². The zero-order chi connectivity index (χ0) is 20.6. The minimum absolute atomic E-state index is 0.149. The number of aromatic nitrogens is 2. The Hall–Kier alpha value is -2.17. The summed E-state index contributed by atoms with van der Waals surface area (Å²) in [6, 6.07) is 7.00. The Morgan fingerprint density at radius 1 is 1.34 bits per heavy atom. The van der Waals surface area contributed by atoms with Gasteiger partial charge in [0.05, 0.1) is 0 Å². The van der Waals surface area contributed by atoms with Crippen molar-refractivity contribution in [3.8, 4) is 0 Å². The summed E-state index contributed by atoms with van der Waals surface area (Å²) in [6.07, 6.45) is 1.81. The number of urea groups is 1. The number of anilines is 1. The highest BCUT2D eigenvalue weighted by Gasteiger charge is 2.56. The summed E-state index contributed by atoms with van der Waals surface area (Å²) in [5, 5.41) is 14.3. The van der Waals surface area contributed by atoms with Gasteiger partial charge >= 0.3 is 6.03 Å².